The van der Waals surface area contributed by atoms with Crippen LogP contribution in [-0.4, -0.2) is 26.8 Å². The number of benzene rings is 2. The van der Waals surface area contributed by atoms with Gasteiger partial charge in [-0.05, 0) is 54.0 Å². The maximum Gasteiger partial charge on any atom is 0.360 e. The molecule has 2 aromatic carbocycles. The summed E-state index contributed by atoms with van der Waals surface area (Å²) in [6, 6.07) is 15.6. The van der Waals surface area contributed by atoms with Gasteiger partial charge in [-0.3, -0.25) is 14.0 Å². The van der Waals surface area contributed by atoms with E-state index in [0.29, 0.717) is 16.7 Å². The number of ether oxygens (including phenoxy) is 2. The van der Waals surface area contributed by atoms with Gasteiger partial charge in [-0.1, -0.05) is 18.2 Å². The van der Waals surface area contributed by atoms with Gasteiger partial charge in [0.25, 0.3) is 11.5 Å². The summed E-state index contributed by atoms with van der Waals surface area (Å²) < 4.78 is 12.0. The molecule has 1 fully saturated rings. The molecule has 5 rings (SSSR count). The summed E-state index contributed by atoms with van der Waals surface area (Å²) in [5, 5.41) is 8.70. The lowest BCUT2D eigenvalue weighted by Gasteiger charge is -2.44. The first-order valence-corrected chi connectivity index (χ1v) is 10.5. The molecule has 0 bridgehead atoms. The molecule has 0 radical (unpaired) electrons. The molecule has 0 N–H and O–H groups in total. The van der Waals surface area contributed by atoms with Gasteiger partial charge in [0.15, 0.2) is 4.71 Å². The molecule has 3 aliphatic heterocycles. The molecule has 0 spiro atoms. The average Bonchev–Trinajstić information content (AvgIpc) is 3.07. The normalized spacial score (nSPS) is 21.6. The second kappa shape index (κ2) is 7.12. The van der Waals surface area contributed by atoms with E-state index in [1.165, 1.54) is 23.0 Å². The summed E-state index contributed by atoms with van der Waals surface area (Å²) in [5.41, 5.74) is 2.11. The minimum absolute atomic E-state index is 0.0484. The fraction of sp³-hybridized carbons (Fsp3) is 0.100. The SMILES string of the molecule is N#Cc1ccc(N2C=C(C(=O)OC3OC(=O)c4ccccc43)N3C(=O)S[C@@H]3S2)cc1. The van der Waals surface area contributed by atoms with Crippen molar-refractivity contribution in [2.75, 3.05) is 4.31 Å². The number of nitrogens with zero attached hydrogens (tertiary/aromatic N) is 3. The fourth-order valence-corrected chi connectivity index (χ4v) is 5.45. The standard InChI is InChI=1S/C20H11N3O5S2/c21-9-11-5-7-12(8-6-11)22-10-15(23-19(26)29-20(23)30-22)17(25)28-18-14-4-2-1-3-13(14)16(24)27-18/h1-8,10,18,20H/t18?,20-/m1/s1. The third-order valence-electron chi connectivity index (χ3n) is 4.63. The predicted molar refractivity (Wildman–Crippen MR) is 109 cm³/mol. The second-order valence-corrected chi connectivity index (χ2v) is 8.78. The van der Waals surface area contributed by atoms with Gasteiger partial charge >= 0.3 is 11.9 Å². The Labute approximate surface area is 179 Å². The van der Waals surface area contributed by atoms with Crippen LogP contribution in [-0.2, 0) is 14.3 Å². The first-order chi connectivity index (χ1) is 14.5. The number of carbonyl (C=O) groups is 3. The summed E-state index contributed by atoms with van der Waals surface area (Å²) in [5.74, 6) is -1.34. The Bertz CT molecular complexity index is 1160. The molecule has 2 atom stereocenters. The van der Waals surface area contributed by atoms with E-state index >= 15 is 0 Å². The third-order valence-corrected chi connectivity index (χ3v) is 6.93. The summed E-state index contributed by atoms with van der Waals surface area (Å²) in [6.07, 6.45) is 0.341. The molecule has 0 saturated carbocycles. The average molecular weight is 437 g/mol. The molecule has 2 aromatic rings. The summed E-state index contributed by atoms with van der Waals surface area (Å²) in [4.78, 5) is 38.3. The maximum absolute atomic E-state index is 12.9. The maximum atomic E-state index is 12.9. The van der Waals surface area contributed by atoms with Crippen LogP contribution in [0.4, 0.5) is 10.5 Å². The number of carbonyl (C=O) groups excluding carboxylic acids is 3. The van der Waals surface area contributed by atoms with Gasteiger partial charge in [-0.2, -0.15) is 5.26 Å². The zero-order valence-electron chi connectivity index (χ0n) is 15.1. The van der Waals surface area contributed by atoms with Crippen LogP contribution in [0, 0.1) is 11.3 Å². The van der Waals surface area contributed by atoms with Gasteiger partial charge < -0.3 is 9.47 Å². The Morgan fingerprint density at radius 1 is 1.13 bits per heavy atom. The smallest absolute Gasteiger partial charge is 0.360 e. The number of thioether (sulfide) groups is 1. The van der Waals surface area contributed by atoms with Crippen LogP contribution >= 0.6 is 23.7 Å². The highest BCUT2D eigenvalue weighted by atomic mass is 32.2. The van der Waals surface area contributed by atoms with E-state index in [9.17, 15) is 14.4 Å². The van der Waals surface area contributed by atoms with Crippen LogP contribution in [0.3, 0.4) is 0 Å². The number of esters is 2. The molecule has 1 amide bonds. The summed E-state index contributed by atoms with van der Waals surface area (Å²) in [6.45, 7) is 0. The quantitative estimate of drug-likeness (QED) is 0.525. The Morgan fingerprint density at radius 2 is 1.90 bits per heavy atom. The largest absolute Gasteiger partial charge is 0.417 e. The Kier molecular flexibility index (Phi) is 4.42. The highest BCUT2D eigenvalue weighted by Gasteiger charge is 2.48. The lowest BCUT2D eigenvalue weighted by molar-refractivity contribution is -0.164. The number of anilines is 1. The van der Waals surface area contributed by atoms with Gasteiger partial charge in [0.05, 0.1) is 22.9 Å². The molecule has 8 nitrogen and oxygen atoms in total. The Balaban J connectivity index is 1.43. The molecule has 0 aromatic heterocycles. The minimum Gasteiger partial charge on any atom is -0.417 e. The van der Waals surface area contributed by atoms with Crippen molar-refractivity contribution in [2.24, 2.45) is 0 Å². The summed E-state index contributed by atoms with van der Waals surface area (Å²) >= 11 is 2.45. The molecule has 30 heavy (non-hydrogen) atoms. The van der Waals surface area contributed by atoms with Crippen molar-refractivity contribution in [1.29, 1.82) is 5.26 Å². The lowest BCUT2D eigenvalue weighted by Crippen LogP contribution is -2.50. The minimum atomic E-state index is -1.16. The molecule has 0 aliphatic carbocycles. The number of rotatable bonds is 3. The van der Waals surface area contributed by atoms with Gasteiger partial charge in [-0.25, -0.2) is 9.59 Å². The van der Waals surface area contributed by atoms with Gasteiger partial charge in [0.1, 0.15) is 5.70 Å². The van der Waals surface area contributed by atoms with Crippen molar-refractivity contribution in [3.63, 3.8) is 0 Å². The van der Waals surface area contributed by atoms with Crippen LogP contribution in [0.25, 0.3) is 0 Å². The van der Waals surface area contributed by atoms with Gasteiger partial charge in [-0.15, -0.1) is 0 Å². The molecule has 10 heteroatoms. The Hall–Kier alpha value is -3.42. The fourth-order valence-electron chi connectivity index (χ4n) is 3.14. The highest BCUT2D eigenvalue weighted by molar-refractivity contribution is 8.27. The van der Waals surface area contributed by atoms with Crippen molar-refractivity contribution in [1.82, 2.24) is 4.90 Å². The van der Waals surface area contributed by atoms with Crippen LogP contribution in [0.5, 0.6) is 0 Å². The number of fused-ring (bicyclic) bond motifs is 2. The monoisotopic (exact) mass is 437 g/mol. The zero-order valence-corrected chi connectivity index (χ0v) is 16.7. The molecule has 148 valence electrons. The molecule has 1 unspecified atom stereocenters. The van der Waals surface area contributed by atoms with Crippen molar-refractivity contribution in [3.05, 3.63) is 77.1 Å². The predicted octanol–water partition coefficient (Wildman–Crippen LogP) is 3.73. The lowest BCUT2D eigenvalue weighted by atomic mass is 10.1. The van der Waals surface area contributed by atoms with Crippen molar-refractivity contribution < 1.29 is 23.9 Å². The van der Waals surface area contributed by atoms with Gasteiger partial charge in [0.2, 0.25) is 0 Å². The van der Waals surface area contributed by atoms with E-state index in [4.69, 9.17) is 14.7 Å². The number of hydrogen-bond acceptors (Lipinski definition) is 9. The molecular weight excluding hydrogens is 426 g/mol. The first kappa shape index (κ1) is 18.6. The van der Waals surface area contributed by atoms with Crippen LogP contribution < -0.4 is 4.31 Å². The van der Waals surface area contributed by atoms with Crippen LogP contribution in [0.15, 0.2) is 60.4 Å². The van der Waals surface area contributed by atoms with Gasteiger partial charge in [0, 0.05) is 11.8 Å². The summed E-state index contributed by atoms with van der Waals surface area (Å²) in [7, 11) is 0. The number of amides is 1. The van der Waals surface area contributed by atoms with E-state index in [0.717, 1.165) is 17.4 Å². The van der Waals surface area contributed by atoms with E-state index < -0.39 is 18.2 Å². The molecule has 1 saturated heterocycles. The van der Waals surface area contributed by atoms with E-state index in [-0.39, 0.29) is 15.6 Å². The van der Waals surface area contributed by atoms with Crippen molar-refractivity contribution in [3.8, 4) is 6.07 Å². The van der Waals surface area contributed by atoms with Crippen molar-refractivity contribution in [2.45, 2.75) is 11.0 Å². The highest BCUT2D eigenvalue weighted by Crippen LogP contribution is 2.49. The van der Waals surface area contributed by atoms with Crippen molar-refractivity contribution >= 4 is 46.6 Å². The van der Waals surface area contributed by atoms with E-state index in [1.807, 2.05) is 0 Å². The molecule has 3 heterocycles. The molecule has 3 aliphatic rings. The van der Waals surface area contributed by atoms with E-state index in [1.54, 1.807) is 52.8 Å². The third kappa shape index (κ3) is 2.99. The Morgan fingerprint density at radius 3 is 2.63 bits per heavy atom. The first-order valence-electron chi connectivity index (χ1n) is 8.74. The van der Waals surface area contributed by atoms with Crippen LogP contribution in [0.2, 0.25) is 0 Å². The number of hydrogen-bond donors (Lipinski definition) is 0. The van der Waals surface area contributed by atoms with Crippen LogP contribution in [0.1, 0.15) is 27.8 Å². The zero-order chi connectivity index (χ0) is 20.8. The van der Waals surface area contributed by atoms with E-state index in [2.05, 4.69) is 6.07 Å². The number of cyclic esters (lactones) is 1. The molecular formula is C20H11N3O5S2. The number of nitriles is 1. The second-order valence-electron chi connectivity index (χ2n) is 6.39. The topological polar surface area (TPSA) is 99.9 Å².